The minimum atomic E-state index is -1.39. The standard InChI is InChI=1S/C34H40NO9P/c1-20(33(40)44-34(41)42-19-26-23-11-7-5-9-21(23)22-10-6-8-12-24(22)26)13-14-25-27(36)15-17-35(31(25)39)32-30(38)29(37)28(43-32)16-18-45(2,3)4/h5-12,15,17,20,25-26,28-30,32,37-38H,2,13-14,16,18-19H2,1,3-4H3/t20?,25?,28-,29-,30-,32-/m1/s1. The number of fused-ring (bicyclic) bond motifs is 3. The van der Waals surface area contributed by atoms with Crippen LogP contribution in [0.4, 0.5) is 4.79 Å². The zero-order valence-electron chi connectivity index (χ0n) is 25.7. The lowest BCUT2D eigenvalue weighted by atomic mass is 9.90. The van der Waals surface area contributed by atoms with Crippen LogP contribution in [0.25, 0.3) is 11.1 Å². The normalized spacial score (nSPS) is 25.2. The van der Waals surface area contributed by atoms with Crippen molar-refractivity contribution in [3.05, 3.63) is 71.9 Å². The SMILES string of the molecule is C=P(C)(C)CC[C@H]1O[C@@H](N2C=CC(=O)C(CCC(C)C(=O)OC(=O)OCC3c4ccccc4-c4ccccc43)C2=O)[C@H](O)[C@@H]1O. The van der Waals surface area contributed by atoms with E-state index in [4.69, 9.17) is 14.2 Å². The number of ether oxygens (including phenoxy) is 3. The van der Waals surface area contributed by atoms with Crippen LogP contribution in [0.1, 0.15) is 43.2 Å². The molecule has 0 saturated carbocycles. The number of carbonyl (C=O) groups is 4. The van der Waals surface area contributed by atoms with Crippen LogP contribution in [0.5, 0.6) is 0 Å². The van der Waals surface area contributed by atoms with Gasteiger partial charge < -0.3 is 24.4 Å². The largest absolute Gasteiger partial charge is 0.516 e. The van der Waals surface area contributed by atoms with Crippen LogP contribution in [0.2, 0.25) is 0 Å². The molecule has 6 atom stereocenters. The van der Waals surface area contributed by atoms with Gasteiger partial charge in [0.1, 0.15) is 24.7 Å². The Morgan fingerprint density at radius 1 is 0.978 bits per heavy atom. The molecule has 2 unspecified atom stereocenters. The van der Waals surface area contributed by atoms with Gasteiger partial charge in [-0.25, -0.2) is 4.79 Å². The summed E-state index contributed by atoms with van der Waals surface area (Å²) in [4.78, 5) is 52.3. The molecule has 0 aromatic heterocycles. The van der Waals surface area contributed by atoms with Crippen molar-refractivity contribution in [2.24, 2.45) is 11.8 Å². The highest BCUT2D eigenvalue weighted by Gasteiger charge is 2.48. The van der Waals surface area contributed by atoms with Gasteiger partial charge >= 0.3 is 12.1 Å². The first-order valence-corrected chi connectivity index (χ1v) is 18.2. The van der Waals surface area contributed by atoms with E-state index in [2.05, 4.69) is 19.6 Å². The second-order valence-corrected chi connectivity index (χ2v) is 17.0. The first kappa shape index (κ1) is 32.8. The minimum absolute atomic E-state index is 0.00105. The predicted octanol–water partition coefficient (Wildman–Crippen LogP) is 3.98. The van der Waals surface area contributed by atoms with Crippen LogP contribution >= 0.6 is 6.89 Å². The van der Waals surface area contributed by atoms with Gasteiger partial charge in [-0.3, -0.25) is 19.3 Å². The zero-order chi connectivity index (χ0) is 32.5. The van der Waals surface area contributed by atoms with E-state index in [1.165, 1.54) is 12.3 Å². The van der Waals surface area contributed by atoms with Crippen molar-refractivity contribution in [3.63, 3.8) is 0 Å². The van der Waals surface area contributed by atoms with E-state index in [0.717, 1.165) is 33.3 Å². The number of aliphatic hydroxyl groups is 2. The number of benzene rings is 2. The van der Waals surface area contributed by atoms with E-state index >= 15 is 0 Å². The number of esters is 1. The molecule has 2 aromatic carbocycles. The number of hydrogen-bond donors (Lipinski definition) is 2. The average molecular weight is 638 g/mol. The van der Waals surface area contributed by atoms with Gasteiger partial charge in [-0.05, 0) is 67.1 Å². The molecule has 2 aromatic rings. The Balaban J connectivity index is 1.12. The maximum absolute atomic E-state index is 13.3. The number of hydrogen-bond acceptors (Lipinski definition) is 9. The molecule has 0 bridgehead atoms. The van der Waals surface area contributed by atoms with Gasteiger partial charge in [-0.1, -0.05) is 55.5 Å². The summed E-state index contributed by atoms with van der Waals surface area (Å²) >= 11 is 0. The summed E-state index contributed by atoms with van der Waals surface area (Å²) in [5.41, 5.74) is 4.20. The van der Waals surface area contributed by atoms with Crippen molar-refractivity contribution in [3.8, 4) is 11.1 Å². The number of allylic oxidation sites excluding steroid dienone is 1. The molecule has 3 aliphatic rings. The van der Waals surface area contributed by atoms with Crippen LogP contribution in [0, 0.1) is 11.8 Å². The molecule has 2 N–H and O–H groups in total. The van der Waals surface area contributed by atoms with Gasteiger partial charge in [0.05, 0.1) is 12.0 Å². The summed E-state index contributed by atoms with van der Waals surface area (Å²) in [6.45, 7) is 4.27. The Morgan fingerprint density at radius 3 is 2.22 bits per heavy atom. The molecule has 45 heavy (non-hydrogen) atoms. The third kappa shape index (κ3) is 7.15. The number of amides is 1. The highest BCUT2D eigenvalue weighted by atomic mass is 31.2. The first-order chi connectivity index (χ1) is 21.4. The van der Waals surface area contributed by atoms with E-state index in [1.807, 2.05) is 48.5 Å². The fourth-order valence-corrected chi connectivity index (χ4v) is 7.09. The number of aliphatic hydroxyl groups excluding tert-OH is 2. The Labute approximate surface area is 262 Å². The van der Waals surface area contributed by atoms with Gasteiger partial charge in [-0.15, -0.1) is 13.2 Å². The molecule has 0 radical (unpaired) electrons. The Bertz CT molecular complexity index is 1500. The van der Waals surface area contributed by atoms with Crippen molar-refractivity contribution in [1.29, 1.82) is 0 Å². The predicted molar refractivity (Wildman–Crippen MR) is 170 cm³/mol. The molecule has 2 heterocycles. The quantitative estimate of drug-likeness (QED) is 0.225. The first-order valence-electron chi connectivity index (χ1n) is 15.2. The molecule has 1 fully saturated rings. The lowest BCUT2D eigenvalue weighted by molar-refractivity contribution is -0.154. The lowest BCUT2D eigenvalue weighted by Gasteiger charge is -2.32. The molecule has 0 spiro atoms. The minimum Gasteiger partial charge on any atom is -0.433 e. The maximum atomic E-state index is 13.3. The topological polar surface area (TPSA) is 140 Å². The monoisotopic (exact) mass is 637 g/mol. The second-order valence-electron chi connectivity index (χ2n) is 12.7. The molecule has 5 rings (SSSR count). The molecule has 240 valence electrons. The molecule has 11 heteroatoms. The van der Waals surface area contributed by atoms with E-state index in [-0.39, 0.29) is 25.4 Å². The lowest BCUT2D eigenvalue weighted by Crippen LogP contribution is -2.49. The summed E-state index contributed by atoms with van der Waals surface area (Å²) in [6, 6.07) is 15.8. The van der Waals surface area contributed by atoms with E-state index in [0.29, 0.717) is 6.42 Å². The number of ketones is 1. The Morgan fingerprint density at radius 2 is 1.60 bits per heavy atom. The Hall–Kier alpha value is -3.56. The zero-order valence-corrected chi connectivity index (χ0v) is 26.6. The van der Waals surface area contributed by atoms with E-state index in [1.54, 1.807) is 6.92 Å². The summed E-state index contributed by atoms with van der Waals surface area (Å²) in [7, 11) is 0. The number of nitrogens with zero attached hydrogens (tertiary/aromatic N) is 1. The van der Waals surface area contributed by atoms with Crippen molar-refractivity contribution >= 4 is 37.0 Å². The van der Waals surface area contributed by atoms with E-state index < -0.39 is 67.1 Å². The number of rotatable bonds is 10. The van der Waals surface area contributed by atoms with Gasteiger partial charge in [0, 0.05) is 12.1 Å². The third-order valence-electron chi connectivity index (χ3n) is 8.73. The van der Waals surface area contributed by atoms with Crippen molar-refractivity contribution in [1.82, 2.24) is 4.90 Å². The molecule has 10 nitrogen and oxygen atoms in total. The number of carbonyl (C=O) groups excluding carboxylic acids is 4. The third-order valence-corrected chi connectivity index (χ3v) is 10.2. The van der Waals surface area contributed by atoms with E-state index in [9.17, 15) is 29.4 Å². The fraction of sp³-hybridized carbons (Fsp3) is 0.441. The van der Waals surface area contributed by atoms with Gasteiger partial charge in [0.2, 0.25) is 5.91 Å². The van der Waals surface area contributed by atoms with Crippen LogP contribution in [0.3, 0.4) is 0 Å². The molecular weight excluding hydrogens is 597 g/mol. The van der Waals surface area contributed by atoms with Crippen LogP contribution in [0.15, 0.2) is 60.8 Å². The smallest absolute Gasteiger partial charge is 0.433 e. The average Bonchev–Trinajstić information content (AvgIpc) is 3.47. The van der Waals surface area contributed by atoms with Crippen molar-refractivity contribution in [2.75, 3.05) is 26.1 Å². The van der Waals surface area contributed by atoms with Crippen molar-refractivity contribution < 1.29 is 43.6 Å². The van der Waals surface area contributed by atoms with Crippen molar-refractivity contribution in [2.45, 2.75) is 56.6 Å². The van der Waals surface area contributed by atoms with Crippen LogP contribution < -0.4 is 0 Å². The summed E-state index contributed by atoms with van der Waals surface area (Å²) in [5.74, 6) is -3.97. The van der Waals surface area contributed by atoms with Gasteiger partial charge in [-0.2, -0.15) is 0 Å². The highest BCUT2D eigenvalue weighted by molar-refractivity contribution is 7.72. The van der Waals surface area contributed by atoms with Crippen LogP contribution in [-0.2, 0) is 28.6 Å². The summed E-state index contributed by atoms with van der Waals surface area (Å²) < 4.78 is 16.2. The van der Waals surface area contributed by atoms with Gasteiger partial charge in [0.25, 0.3) is 0 Å². The maximum Gasteiger partial charge on any atom is 0.516 e. The second kappa shape index (κ2) is 13.4. The van der Waals surface area contributed by atoms with Crippen LogP contribution in [-0.4, -0.2) is 95.9 Å². The fourth-order valence-electron chi connectivity index (χ4n) is 6.13. The summed E-state index contributed by atoms with van der Waals surface area (Å²) in [5, 5.41) is 21.2. The van der Waals surface area contributed by atoms with Gasteiger partial charge in [0.15, 0.2) is 12.0 Å². The summed E-state index contributed by atoms with van der Waals surface area (Å²) in [6.07, 6.45) is 2.49. The Kier molecular flexibility index (Phi) is 9.80. The highest BCUT2D eigenvalue weighted by Crippen LogP contribution is 2.44. The molecular formula is C34H40NO9P. The molecule has 2 aliphatic heterocycles. The molecule has 1 amide bonds. The molecule has 1 aliphatic carbocycles. The molecule has 1 saturated heterocycles.